The molecule has 8 heteroatoms. The molecule has 0 aromatic heterocycles. The Bertz CT molecular complexity index is 1020. The van der Waals surface area contributed by atoms with E-state index in [-0.39, 0.29) is 6.42 Å². The average Bonchev–Trinajstić information content (AvgIpc) is 2.99. The average molecular weight is 472 g/mol. The van der Waals surface area contributed by atoms with E-state index in [4.69, 9.17) is 0 Å². The number of carbonyl (C=O) groups excluding carboxylic acids is 4. The number of rotatable bonds is 4. The van der Waals surface area contributed by atoms with Crippen molar-refractivity contribution in [2.75, 3.05) is 4.90 Å². The molecule has 0 bridgehead atoms. The Balaban J connectivity index is 1.92. The maximum atomic E-state index is 13.1. The summed E-state index contributed by atoms with van der Waals surface area (Å²) in [6.07, 6.45) is -0.207. The highest BCUT2D eigenvalue weighted by atomic mass is 79.9. The van der Waals surface area contributed by atoms with Gasteiger partial charge in [-0.3, -0.25) is 24.6 Å². The smallest absolute Gasteiger partial charge is 0.271 e. The lowest BCUT2D eigenvalue weighted by molar-refractivity contribution is -0.143. The fraction of sp³-hybridized carbons (Fsp3) is 0.273. The fourth-order valence-electron chi connectivity index (χ4n) is 3.24. The molecule has 30 heavy (non-hydrogen) atoms. The van der Waals surface area contributed by atoms with Crippen molar-refractivity contribution in [2.24, 2.45) is 5.92 Å². The number of hydrogen-bond donors (Lipinski definition) is 1. The second-order valence-electron chi connectivity index (χ2n) is 7.41. The highest BCUT2D eigenvalue weighted by Crippen LogP contribution is 2.27. The summed E-state index contributed by atoms with van der Waals surface area (Å²) in [6, 6.07) is 12.6. The number of nitrogens with one attached hydrogen (secondary N) is 1. The number of carbonyl (C=O) groups is 4. The van der Waals surface area contributed by atoms with Crippen molar-refractivity contribution in [3.05, 3.63) is 64.1 Å². The van der Waals surface area contributed by atoms with Gasteiger partial charge in [-0.25, -0.2) is 9.91 Å². The molecule has 0 radical (unpaired) electrons. The molecule has 2 aromatic rings. The Morgan fingerprint density at radius 1 is 1.13 bits per heavy atom. The fourth-order valence-corrected chi connectivity index (χ4v) is 3.70. The standard InChI is InChI=1S/C22H22BrN3O4/c1-13(2)21(29)26(24-20(28)16-9-4-5-10-17(16)23)18-12-19(27)25(22(18)30)15-8-6-7-14(3)11-15/h4-11,13,18H,12H2,1-3H3,(H,24,28). The van der Waals surface area contributed by atoms with Crippen LogP contribution in [0.15, 0.2) is 53.0 Å². The summed E-state index contributed by atoms with van der Waals surface area (Å²) in [4.78, 5) is 52.5. The molecule has 0 saturated carbocycles. The van der Waals surface area contributed by atoms with Crippen molar-refractivity contribution in [2.45, 2.75) is 33.2 Å². The molecule has 1 atom stereocenters. The van der Waals surface area contributed by atoms with Crippen LogP contribution in [0.2, 0.25) is 0 Å². The van der Waals surface area contributed by atoms with Gasteiger partial charge in [-0.05, 0) is 52.7 Å². The minimum atomic E-state index is -1.11. The highest BCUT2D eigenvalue weighted by molar-refractivity contribution is 9.10. The molecule has 1 fully saturated rings. The predicted molar refractivity (Wildman–Crippen MR) is 115 cm³/mol. The molecule has 1 heterocycles. The van der Waals surface area contributed by atoms with E-state index in [1.54, 1.807) is 56.3 Å². The molecular formula is C22H22BrN3O4. The Kier molecular flexibility index (Phi) is 6.36. The topological polar surface area (TPSA) is 86.8 Å². The number of hydrazine groups is 1. The summed E-state index contributed by atoms with van der Waals surface area (Å²) in [7, 11) is 0. The van der Waals surface area contributed by atoms with Gasteiger partial charge in [0.05, 0.1) is 17.7 Å². The summed E-state index contributed by atoms with van der Waals surface area (Å²) in [5, 5.41) is 1.00. The summed E-state index contributed by atoms with van der Waals surface area (Å²) < 4.78 is 0.551. The number of anilines is 1. The van der Waals surface area contributed by atoms with Crippen LogP contribution in [-0.2, 0) is 14.4 Å². The molecule has 7 nitrogen and oxygen atoms in total. The quantitative estimate of drug-likeness (QED) is 0.547. The van der Waals surface area contributed by atoms with Gasteiger partial charge in [0.1, 0.15) is 6.04 Å². The lowest BCUT2D eigenvalue weighted by Crippen LogP contribution is -2.56. The van der Waals surface area contributed by atoms with E-state index < -0.39 is 35.6 Å². The van der Waals surface area contributed by atoms with Crippen LogP contribution in [0.1, 0.15) is 36.2 Å². The molecule has 0 aliphatic carbocycles. The predicted octanol–water partition coefficient (Wildman–Crippen LogP) is 3.22. The van der Waals surface area contributed by atoms with Gasteiger partial charge in [-0.15, -0.1) is 0 Å². The van der Waals surface area contributed by atoms with Crippen molar-refractivity contribution < 1.29 is 19.2 Å². The van der Waals surface area contributed by atoms with Crippen LogP contribution in [0.4, 0.5) is 5.69 Å². The van der Waals surface area contributed by atoms with Gasteiger partial charge < -0.3 is 0 Å². The summed E-state index contributed by atoms with van der Waals surface area (Å²) in [6.45, 7) is 5.19. The van der Waals surface area contributed by atoms with Gasteiger partial charge in [0, 0.05) is 10.4 Å². The van der Waals surface area contributed by atoms with Crippen molar-refractivity contribution in [1.82, 2.24) is 10.4 Å². The summed E-state index contributed by atoms with van der Waals surface area (Å²) in [5.41, 5.74) is 4.20. The van der Waals surface area contributed by atoms with Crippen LogP contribution in [0, 0.1) is 12.8 Å². The number of benzene rings is 2. The van der Waals surface area contributed by atoms with Crippen LogP contribution in [-0.4, -0.2) is 34.7 Å². The molecule has 3 rings (SSSR count). The number of aryl methyl sites for hydroxylation is 1. The summed E-state index contributed by atoms with van der Waals surface area (Å²) in [5.74, 6) is -2.46. The van der Waals surface area contributed by atoms with E-state index in [0.717, 1.165) is 15.5 Å². The normalized spacial score (nSPS) is 16.2. The molecule has 1 saturated heterocycles. The summed E-state index contributed by atoms with van der Waals surface area (Å²) >= 11 is 3.31. The number of hydrogen-bond acceptors (Lipinski definition) is 4. The molecule has 1 unspecified atom stereocenters. The zero-order valence-corrected chi connectivity index (χ0v) is 18.5. The highest BCUT2D eigenvalue weighted by Gasteiger charge is 2.45. The van der Waals surface area contributed by atoms with E-state index >= 15 is 0 Å². The lowest BCUT2D eigenvalue weighted by Gasteiger charge is -2.29. The third-order valence-corrected chi connectivity index (χ3v) is 5.46. The molecule has 0 spiro atoms. The lowest BCUT2D eigenvalue weighted by atomic mass is 10.1. The molecule has 1 aliphatic rings. The second kappa shape index (κ2) is 8.79. The van der Waals surface area contributed by atoms with E-state index in [1.807, 2.05) is 13.0 Å². The van der Waals surface area contributed by atoms with Crippen LogP contribution in [0.3, 0.4) is 0 Å². The maximum absolute atomic E-state index is 13.1. The van der Waals surface area contributed by atoms with Gasteiger partial charge in [0.15, 0.2) is 0 Å². The Hall–Kier alpha value is -3.00. The van der Waals surface area contributed by atoms with Gasteiger partial charge in [0.25, 0.3) is 11.8 Å². The SMILES string of the molecule is Cc1cccc(N2C(=O)CC(N(NC(=O)c3ccccc3Br)C(=O)C(C)C)C2=O)c1. The first-order valence-corrected chi connectivity index (χ1v) is 10.3. The molecule has 1 N–H and O–H groups in total. The number of amides is 4. The number of nitrogens with zero attached hydrogens (tertiary/aromatic N) is 2. The molecule has 4 amide bonds. The van der Waals surface area contributed by atoms with Crippen LogP contribution >= 0.6 is 15.9 Å². The van der Waals surface area contributed by atoms with Crippen LogP contribution in [0.5, 0.6) is 0 Å². The second-order valence-corrected chi connectivity index (χ2v) is 8.26. The zero-order valence-electron chi connectivity index (χ0n) is 16.9. The molecule has 156 valence electrons. The third kappa shape index (κ3) is 4.28. The largest absolute Gasteiger partial charge is 0.274 e. The van der Waals surface area contributed by atoms with E-state index in [1.165, 1.54) is 0 Å². The van der Waals surface area contributed by atoms with Crippen molar-refractivity contribution in [3.8, 4) is 0 Å². The molecular weight excluding hydrogens is 450 g/mol. The number of halogens is 1. The maximum Gasteiger partial charge on any atom is 0.271 e. The van der Waals surface area contributed by atoms with E-state index in [0.29, 0.717) is 15.7 Å². The van der Waals surface area contributed by atoms with Gasteiger partial charge in [-0.1, -0.05) is 38.1 Å². The first-order valence-electron chi connectivity index (χ1n) is 9.52. The Morgan fingerprint density at radius 3 is 2.47 bits per heavy atom. The van der Waals surface area contributed by atoms with E-state index in [9.17, 15) is 19.2 Å². The Morgan fingerprint density at radius 2 is 1.83 bits per heavy atom. The van der Waals surface area contributed by atoms with Gasteiger partial charge in [0.2, 0.25) is 11.8 Å². The monoisotopic (exact) mass is 471 g/mol. The van der Waals surface area contributed by atoms with Crippen molar-refractivity contribution in [1.29, 1.82) is 0 Å². The van der Waals surface area contributed by atoms with Crippen LogP contribution < -0.4 is 10.3 Å². The van der Waals surface area contributed by atoms with Gasteiger partial charge >= 0.3 is 0 Å². The van der Waals surface area contributed by atoms with Gasteiger partial charge in [-0.2, -0.15) is 0 Å². The first kappa shape index (κ1) is 21.7. The van der Waals surface area contributed by atoms with Crippen molar-refractivity contribution >= 4 is 45.2 Å². The minimum Gasteiger partial charge on any atom is -0.274 e. The van der Waals surface area contributed by atoms with Crippen LogP contribution in [0.25, 0.3) is 0 Å². The van der Waals surface area contributed by atoms with Crippen molar-refractivity contribution in [3.63, 3.8) is 0 Å². The zero-order chi connectivity index (χ0) is 22.0. The third-order valence-electron chi connectivity index (χ3n) is 4.77. The minimum absolute atomic E-state index is 0.207. The first-order chi connectivity index (χ1) is 14.2. The number of imide groups is 1. The Labute approximate surface area is 183 Å². The molecule has 1 aliphatic heterocycles. The van der Waals surface area contributed by atoms with E-state index in [2.05, 4.69) is 21.4 Å². The molecule has 2 aromatic carbocycles.